The fraction of sp³-hybridized carbons (Fsp3) is 0.733. The van der Waals surface area contributed by atoms with E-state index in [2.05, 4.69) is 15.5 Å². The van der Waals surface area contributed by atoms with Crippen molar-refractivity contribution in [3.63, 3.8) is 0 Å². The maximum atomic E-state index is 12.3. The molecule has 1 aromatic heterocycles. The van der Waals surface area contributed by atoms with Gasteiger partial charge in [0.2, 0.25) is 0 Å². The van der Waals surface area contributed by atoms with Crippen molar-refractivity contribution in [2.75, 3.05) is 0 Å². The summed E-state index contributed by atoms with van der Waals surface area (Å²) in [6, 6.07) is 0.412. The molecule has 0 radical (unpaired) electrons. The smallest absolute Gasteiger partial charge is 0.254 e. The van der Waals surface area contributed by atoms with Gasteiger partial charge in [0.05, 0.1) is 11.8 Å². The molecule has 19 heavy (non-hydrogen) atoms. The van der Waals surface area contributed by atoms with Gasteiger partial charge < -0.3 is 5.32 Å². The molecule has 1 amide bonds. The van der Waals surface area contributed by atoms with Gasteiger partial charge in [-0.15, -0.1) is 0 Å². The second kappa shape index (κ2) is 4.09. The molecule has 0 atom stereocenters. The van der Waals surface area contributed by atoms with Crippen LogP contribution in [-0.4, -0.2) is 22.1 Å². The Morgan fingerprint density at radius 2 is 1.84 bits per heavy atom. The molecular weight excluding hydrogens is 238 g/mol. The normalized spacial score (nSPS) is 39.5. The van der Waals surface area contributed by atoms with Crippen LogP contribution in [0.1, 0.15) is 48.2 Å². The Labute approximate surface area is 113 Å². The number of amides is 1. The number of rotatable bonds is 2. The summed E-state index contributed by atoms with van der Waals surface area (Å²) in [4.78, 5) is 12.3. The zero-order chi connectivity index (χ0) is 13.0. The largest absolute Gasteiger partial charge is 0.349 e. The molecule has 4 saturated carbocycles. The number of aryl methyl sites for hydroxylation is 1. The average Bonchev–Trinajstić information content (AvgIpc) is 2.79. The first-order valence-electron chi connectivity index (χ1n) is 7.51. The summed E-state index contributed by atoms with van der Waals surface area (Å²) < 4.78 is 0. The summed E-state index contributed by atoms with van der Waals surface area (Å²) in [5, 5.41) is 10.1. The minimum absolute atomic E-state index is 0.0590. The van der Waals surface area contributed by atoms with E-state index in [0.29, 0.717) is 11.6 Å². The standard InChI is InChI=1S/C15H21N3O/c1-8-13(7-16-18-8)15(19)17-14-11-3-9-2-10(5-11)6-12(14)4-9/h7,9-12,14H,2-6H2,1H3,(H,16,18)(H,17,19). The monoisotopic (exact) mass is 259 g/mol. The summed E-state index contributed by atoms with van der Waals surface area (Å²) >= 11 is 0. The molecule has 4 aliphatic carbocycles. The first-order valence-corrected chi connectivity index (χ1v) is 7.51. The zero-order valence-electron chi connectivity index (χ0n) is 11.4. The molecule has 2 N–H and O–H groups in total. The highest BCUT2D eigenvalue weighted by Crippen LogP contribution is 2.53. The fourth-order valence-electron chi connectivity index (χ4n) is 4.97. The Morgan fingerprint density at radius 1 is 1.21 bits per heavy atom. The number of carbonyl (C=O) groups excluding carboxylic acids is 1. The quantitative estimate of drug-likeness (QED) is 0.856. The fourth-order valence-corrected chi connectivity index (χ4v) is 4.97. The third kappa shape index (κ3) is 1.80. The van der Waals surface area contributed by atoms with Crippen LogP contribution in [0.15, 0.2) is 6.20 Å². The van der Waals surface area contributed by atoms with Crippen LogP contribution in [0.2, 0.25) is 0 Å². The van der Waals surface area contributed by atoms with Crippen molar-refractivity contribution in [1.82, 2.24) is 15.5 Å². The lowest BCUT2D eigenvalue weighted by Crippen LogP contribution is -2.55. The van der Waals surface area contributed by atoms with Crippen LogP contribution in [0.3, 0.4) is 0 Å². The van der Waals surface area contributed by atoms with Gasteiger partial charge in [-0.25, -0.2) is 0 Å². The van der Waals surface area contributed by atoms with Crippen molar-refractivity contribution >= 4 is 5.91 Å². The second-order valence-corrected chi connectivity index (χ2v) is 6.84. The van der Waals surface area contributed by atoms with Gasteiger partial charge >= 0.3 is 0 Å². The number of carbonyl (C=O) groups is 1. The van der Waals surface area contributed by atoms with E-state index in [1.54, 1.807) is 6.20 Å². The number of nitrogens with one attached hydrogen (secondary N) is 2. The molecular formula is C15H21N3O. The first-order chi connectivity index (χ1) is 9.20. The van der Waals surface area contributed by atoms with Crippen LogP contribution in [0.4, 0.5) is 0 Å². The van der Waals surface area contributed by atoms with Crippen molar-refractivity contribution in [3.8, 4) is 0 Å². The Hall–Kier alpha value is -1.32. The number of H-pyrrole nitrogens is 1. The van der Waals surface area contributed by atoms with Crippen molar-refractivity contribution in [2.45, 2.75) is 45.1 Å². The van der Waals surface area contributed by atoms with Crippen molar-refractivity contribution in [3.05, 3.63) is 17.5 Å². The number of aromatic amines is 1. The molecule has 102 valence electrons. The topological polar surface area (TPSA) is 57.8 Å². The lowest BCUT2D eigenvalue weighted by atomic mass is 9.54. The molecule has 4 aliphatic rings. The van der Waals surface area contributed by atoms with Gasteiger partial charge in [-0.05, 0) is 62.7 Å². The van der Waals surface area contributed by atoms with E-state index < -0.39 is 0 Å². The Bertz CT molecular complexity index is 479. The predicted molar refractivity (Wildman–Crippen MR) is 71.6 cm³/mol. The Kier molecular flexibility index (Phi) is 2.47. The maximum Gasteiger partial charge on any atom is 0.254 e. The third-order valence-corrected chi connectivity index (χ3v) is 5.60. The summed E-state index contributed by atoms with van der Waals surface area (Å²) in [6.45, 7) is 1.90. The lowest BCUT2D eigenvalue weighted by Gasteiger charge is -2.54. The molecule has 0 aromatic carbocycles. The van der Waals surface area contributed by atoms with Crippen LogP contribution < -0.4 is 5.32 Å². The molecule has 1 heterocycles. The van der Waals surface area contributed by atoms with E-state index >= 15 is 0 Å². The van der Waals surface area contributed by atoms with Crippen molar-refractivity contribution in [1.29, 1.82) is 0 Å². The van der Waals surface area contributed by atoms with Crippen LogP contribution in [0, 0.1) is 30.6 Å². The number of hydrogen-bond donors (Lipinski definition) is 2. The molecule has 5 rings (SSSR count). The predicted octanol–water partition coefficient (Wildman–Crippen LogP) is 2.27. The number of hydrogen-bond acceptors (Lipinski definition) is 2. The Morgan fingerprint density at radius 3 is 2.37 bits per heavy atom. The Balaban J connectivity index is 1.51. The minimum atomic E-state index is 0.0590. The van der Waals surface area contributed by atoms with E-state index in [1.165, 1.54) is 32.1 Å². The summed E-state index contributed by atoms with van der Waals surface area (Å²) in [6.07, 6.45) is 8.44. The summed E-state index contributed by atoms with van der Waals surface area (Å²) in [7, 11) is 0. The zero-order valence-corrected chi connectivity index (χ0v) is 11.4. The van der Waals surface area contributed by atoms with E-state index in [-0.39, 0.29) is 5.91 Å². The van der Waals surface area contributed by atoms with Gasteiger partial charge in [0.25, 0.3) is 5.91 Å². The SMILES string of the molecule is Cc1[nH]ncc1C(=O)NC1C2CC3CC(C2)CC1C3. The molecule has 4 heteroatoms. The van der Waals surface area contributed by atoms with E-state index in [0.717, 1.165) is 29.4 Å². The number of nitrogens with zero attached hydrogens (tertiary/aromatic N) is 1. The van der Waals surface area contributed by atoms with Gasteiger partial charge in [-0.1, -0.05) is 0 Å². The number of aromatic nitrogens is 2. The second-order valence-electron chi connectivity index (χ2n) is 6.84. The summed E-state index contributed by atoms with van der Waals surface area (Å²) in [5.74, 6) is 3.42. The molecule has 4 fully saturated rings. The van der Waals surface area contributed by atoms with Crippen LogP contribution in [0.5, 0.6) is 0 Å². The molecule has 0 unspecified atom stereocenters. The lowest BCUT2D eigenvalue weighted by molar-refractivity contribution is -0.0119. The third-order valence-electron chi connectivity index (χ3n) is 5.60. The first kappa shape index (κ1) is 11.5. The highest BCUT2D eigenvalue weighted by atomic mass is 16.1. The maximum absolute atomic E-state index is 12.3. The molecule has 0 saturated heterocycles. The summed E-state index contributed by atoms with van der Waals surface area (Å²) in [5.41, 5.74) is 1.56. The minimum Gasteiger partial charge on any atom is -0.349 e. The molecule has 4 bridgehead atoms. The highest BCUT2D eigenvalue weighted by Gasteiger charge is 2.48. The van der Waals surface area contributed by atoms with Crippen molar-refractivity contribution < 1.29 is 4.79 Å². The van der Waals surface area contributed by atoms with Gasteiger partial charge in [0, 0.05) is 11.7 Å². The van der Waals surface area contributed by atoms with E-state index in [9.17, 15) is 4.79 Å². The van der Waals surface area contributed by atoms with Crippen LogP contribution >= 0.6 is 0 Å². The highest BCUT2D eigenvalue weighted by molar-refractivity contribution is 5.95. The molecule has 1 aromatic rings. The van der Waals surface area contributed by atoms with E-state index in [1.807, 2.05) is 6.92 Å². The van der Waals surface area contributed by atoms with Gasteiger partial charge in [0.15, 0.2) is 0 Å². The molecule has 0 aliphatic heterocycles. The molecule has 4 nitrogen and oxygen atoms in total. The average molecular weight is 259 g/mol. The molecule has 0 spiro atoms. The van der Waals surface area contributed by atoms with Gasteiger partial charge in [0.1, 0.15) is 0 Å². The van der Waals surface area contributed by atoms with Crippen LogP contribution in [-0.2, 0) is 0 Å². The van der Waals surface area contributed by atoms with Crippen LogP contribution in [0.25, 0.3) is 0 Å². The van der Waals surface area contributed by atoms with E-state index in [4.69, 9.17) is 0 Å². The van der Waals surface area contributed by atoms with Gasteiger partial charge in [-0.3, -0.25) is 9.89 Å². The van der Waals surface area contributed by atoms with Crippen molar-refractivity contribution in [2.24, 2.45) is 23.7 Å². The van der Waals surface area contributed by atoms with Gasteiger partial charge in [-0.2, -0.15) is 5.10 Å².